The maximum atomic E-state index is 11.1. The standard InChI is InChI=1S/C7H14N4O2S/c1-11-4-3-9-7(11)6(10-8)5-14(2,12)13/h3-4,6,10H,5,8H2,1-2H3. The number of nitrogens with one attached hydrogen (secondary N) is 1. The van der Waals surface area contributed by atoms with E-state index in [9.17, 15) is 8.42 Å². The highest BCUT2D eigenvalue weighted by Gasteiger charge is 2.19. The van der Waals surface area contributed by atoms with Gasteiger partial charge in [0.15, 0.2) is 0 Å². The van der Waals surface area contributed by atoms with Gasteiger partial charge in [-0.2, -0.15) is 0 Å². The molecule has 0 saturated carbocycles. The fourth-order valence-electron chi connectivity index (χ4n) is 1.21. The summed E-state index contributed by atoms with van der Waals surface area (Å²) in [7, 11) is -1.29. The summed E-state index contributed by atoms with van der Waals surface area (Å²) in [5.41, 5.74) is 2.44. The number of rotatable bonds is 4. The molecule has 7 heteroatoms. The number of imidazole rings is 1. The van der Waals surface area contributed by atoms with Gasteiger partial charge in [-0.3, -0.25) is 5.84 Å². The van der Waals surface area contributed by atoms with Crippen LogP contribution in [0.2, 0.25) is 0 Å². The van der Waals surface area contributed by atoms with Crippen molar-refractivity contribution < 1.29 is 8.42 Å². The summed E-state index contributed by atoms with van der Waals surface area (Å²) in [6.45, 7) is 0. The molecule has 0 aliphatic carbocycles. The Morgan fingerprint density at radius 3 is 2.71 bits per heavy atom. The number of aryl methyl sites for hydroxylation is 1. The van der Waals surface area contributed by atoms with Gasteiger partial charge in [0.05, 0.1) is 11.8 Å². The van der Waals surface area contributed by atoms with Crippen molar-refractivity contribution >= 4 is 9.84 Å². The van der Waals surface area contributed by atoms with Gasteiger partial charge in [-0.1, -0.05) is 0 Å². The van der Waals surface area contributed by atoms with Crippen molar-refractivity contribution in [3.05, 3.63) is 18.2 Å². The molecule has 0 radical (unpaired) electrons. The molecule has 1 unspecified atom stereocenters. The van der Waals surface area contributed by atoms with Crippen molar-refractivity contribution in [2.75, 3.05) is 12.0 Å². The van der Waals surface area contributed by atoms with E-state index in [0.29, 0.717) is 5.82 Å². The van der Waals surface area contributed by atoms with Gasteiger partial charge < -0.3 is 4.57 Å². The monoisotopic (exact) mass is 218 g/mol. The van der Waals surface area contributed by atoms with Crippen molar-refractivity contribution in [2.45, 2.75) is 6.04 Å². The molecule has 0 spiro atoms. The van der Waals surface area contributed by atoms with E-state index in [0.717, 1.165) is 0 Å². The molecule has 1 atom stereocenters. The second-order valence-corrected chi connectivity index (χ2v) is 5.39. The predicted molar refractivity (Wildman–Crippen MR) is 53.0 cm³/mol. The van der Waals surface area contributed by atoms with Gasteiger partial charge in [-0.25, -0.2) is 18.8 Å². The summed E-state index contributed by atoms with van der Waals surface area (Å²) in [5, 5.41) is 0. The van der Waals surface area contributed by atoms with Gasteiger partial charge in [0.1, 0.15) is 15.7 Å². The van der Waals surface area contributed by atoms with E-state index in [1.54, 1.807) is 24.0 Å². The first-order chi connectivity index (χ1) is 6.44. The molecule has 6 nitrogen and oxygen atoms in total. The minimum Gasteiger partial charge on any atom is -0.337 e. The predicted octanol–water partition coefficient (Wildman–Crippen LogP) is -1.03. The average Bonchev–Trinajstić information content (AvgIpc) is 2.45. The number of sulfone groups is 1. The molecule has 0 bridgehead atoms. The summed E-state index contributed by atoms with van der Waals surface area (Å²) in [5.74, 6) is 5.82. The number of aromatic nitrogens is 2. The molecule has 3 N–H and O–H groups in total. The van der Waals surface area contributed by atoms with Gasteiger partial charge in [0.25, 0.3) is 0 Å². The largest absolute Gasteiger partial charge is 0.337 e. The molecule has 14 heavy (non-hydrogen) atoms. The van der Waals surface area contributed by atoms with Crippen molar-refractivity contribution in [1.82, 2.24) is 15.0 Å². The molecule has 0 saturated heterocycles. The van der Waals surface area contributed by atoms with E-state index >= 15 is 0 Å². The summed E-state index contributed by atoms with van der Waals surface area (Å²) in [4.78, 5) is 4.03. The van der Waals surface area contributed by atoms with E-state index in [-0.39, 0.29) is 5.75 Å². The topological polar surface area (TPSA) is 90.0 Å². The third-order valence-corrected chi connectivity index (χ3v) is 2.78. The number of hydrogen-bond donors (Lipinski definition) is 2. The minimum atomic E-state index is -3.07. The van der Waals surface area contributed by atoms with Crippen LogP contribution in [0.3, 0.4) is 0 Å². The van der Waals surface area contributed by atoms with Crippen LogP contribution in [0.4, 0.5) is 0 Å². The van der Waals surface area contributed by atoms with Crippen LogP contribution in [0.25, 0.3) is 0 Å². The quantitative estimate of drug-likeness (QED) is 0.498. The van der Waals surface area contributed by atoms with Crippen LogP contribution in [-0.2, 0) is 16.9 Å². The van der Waals surface area contributed by atoms with Gasteiger partial charge in [-0.05, 0) is 0 Å². The number of nitrogens with two attached hydrogens (primary N) is 1. The zero-order chi connectivity index (χ0) is 10.8. The van der Waals surface area contributed by atoms with Crippen LogP contribution in [0.5, 0.6) is 0 Å². The van der Waals surface area contributed by atoms with Crippen molar-refractivity contribution in [1.29, 1.82) is 0 Å². The minimum absolute atomic E-state index is 0.0612. The first-order valence-electron chi connectivity index (χ1n) is 4.05. The fourth-order valence-corrected chi connectivity index (χ4v) is 2.06. The van der Waals surface area contributed by atoms with E-state index < -0.39 is 15.9 Å². The summed E-state index contributed by atoms with van der Waals surface area (Å²) >= 11 is 0. The van der Waals surface area contributed by atoms with Crippen LogP contribution >= 0.6 is 0 Å². The lowest BCUT2D eigenvalue weighted by Crippen LogP contribution is -2.34. The highest BCUT2D eigenvalue weighted by atomic mass is 32.2. The molecule has 80 valence electrons. The van der Waals surface area contributed by atoms with Crippen LogP contribution in [0.1, 0.15) is 11.9 Å². The zero-order valence-corrected chi connectivity index (χ0v) is 8.95. The summed E-state index contributed by atoms with van der Waals surface area (Å²) in [6, 6.07) is -0.468. The molecular weight excluding hydrogens is 204 g/mol. The number of nitrogens with zero attached hydrogens (tertiary/aromatic N) is 2. The van der Waals surface area contributed by atoms with Crippen LogP contribution in [-0.4, -0.2) is 30.0 Å². The molecule has 0 aliphatic rings. The molecule has 1 aromatic heterocycles. The van der Waals surface area contributed by atoms with Gasteiger partial charge in [0, 0.05) is 25.7 Å². The van der Waals surface area contributed by atoms with E-state index in [1.165, 1.54) is 6.26 Å². The Labute approximate surface area is 83.0 Å². The zero-order valence-electron chi connectivity index (χ0n) is 8.14. The maximum absolute atomic E-state index is 11.1. The Morgan fingerprint density at radius 1 is 1.71 bits per heavy atom. The number of hydrazine groups is 1. The van der Waals surface area contributed by atoms with Crippen molar-refractivity contribution in [3.63, 3.8) is 0 Å². The Bertz CT molecular complexity index is 398. The lowest BCUT2D eigenvalue weighted by molar-refractivity contribution is 0.533. The molecule has 0 aromatic carbocycles. The smallest absolute Gasteiger partial charge is 0.149 e. The van der Waals surface area contributed by atoms with Crippen LogP contribution < -0.4 is 11.3 Å². The summed E-state index contributed by atoms with van der Waals surface area (Å²) < 4.78 is 23.9. The van der Waals surface area contributed by atoms with E-state index in [1.807, 2.05) is 0 Å². The highest BCUT2D eigenvalue weighted by Crippen LogP contribution is 2.10. The van der Waals surface area contributed by atoms with Crippen LogP contribution in [0.15, 0.2) is 12.4 Å². The van der Waals surface area contributed by atoms with Crippen molar-refractivity contribution in [3.8, 4) is 0 Å². The van der Waals surface area contributed by atoms with Gasteiger partial charge in [0.2, 0.25) is 0 Å². The van der Waals surface area contributed by atoms with Gasteiger partial charge >= 0.3 is 0 Å². The number of hydrogen-bond acceptors (Lipinski definition) is 5. The SMILES string of the molecule is Cn1ccnc1C(CS(C)(=O)=O)NN. The molecule has 1 aromatic rings. The average molecular weight is 218 g/mol. The third kappa shape index (κ3) is 2.79. The molecular formula is C7H14N4O2S. The van der Waals surface area contributed by atoms with Crippen LogP contribution in [0, 0.1) is 0 Å². The van der Waals surface area contributed by atoms with E-state index in [2.05, 4.69) is 10.4 Å². The second kappa shape index (κ2) is 4.07. The lowest BCUT2D eigenvalue weighted by atomic mass is 10.3. The lowest BCUT2D eigenvalue weighted by Gasteiger charge is -2.14. The molecule has 0 fully saturated rings. The molecule has 0 aliphatic heterocycles. The van der Waals surface area contributed by atoms with E-state index in [4.69, 9.17) is 5.84 Å². The second-order valence-electron chi connectivity index (χ2n) is 3.21. The molecule has 1 heterocycles. The Hall–Kier alpha value is -0.920. The third-order valence-electron chi connectivity index (χ3n) is 1.84. The first-order valence-corrected chi connectivity index (χ1v) is 6.11. The van der Waals surface area contributed by atoms with Crippen molar-refractivity contribution in [2.24, 2.45) is 12.9 Å². The Morgan fingerprint density at radius 2 is 2.36 bits per heavy atom. The maximum Gasteiger partial charge on any atom is 0.149 e. The Kier molecular flexibility index (Phi) is 3.25. The highest BCUT2D eigenvalue weighted by molar-refractivity contribution is 7.90. The summed E-state index contributed by atoms with van der Waals surface area (Å²) in [6.07, 6.45) is 4.50. The molecule has 0 amide bonds. The normalized spacial score (nSPS) is 14.2. The fraction of sp³-hybridized carbons (Fsp3) is 0.571. The first kappa shape index (κ1) is 11.2. The Balaban J connectivity index is 2.89. The molecule has 1 rings (SSSR count). The van der Waals surface area contributed by atoms with Gasteiger partial charge in [-0.15, -0.1) is 0 Å².